The van der Waals surface area contributed by atoms with Crippen LogP contribution in [0.2, 0.25) is 0 Å². The van der Waals surface area contributed by atoms with E-state index in [-0.39, 0.29) is 5.91 Å². The summed E-state index contributed by atoms with van der Waals surface area (Å²) in [6.45, 7) is 2.77. The summed E-state index contributed by atoms with van der Waals surface area (Å²) in [5.41, 5.74) is 1.23. The van der Waals surface area contributed by atoms with Crippen molar-refractivity contribution < 1.29 is 9.21 Å². The van der Waals surface area contributed by atoms with E-state index < -0.39 is 0 Å². The Morgan fingerprint density at radius 2 is 2.09 bits per heavy atom. The lowest BCUT2D eigenvalue weighted by Gasteiger charge is -2.33. The quantitative estimate of drug-likeness (QED) is 0.863. The number of carbonyl (C=O) groups excluding carboxylic acids is 1. The summed E-state index contributed by atoms with van der Waals surface area (Å²) in [6, 6.07) is 7.70. The third-order valence-electron chi connectivity index (χ3n) is 4.15. The molecule has 0 spiro atoms. The molecule has 23 heavy (non-hydrogen) atoms. The number of furan rings is 1. The number of aromatic nitrogens is 1. The highest BCUT2D eigenvalue weighted by Crippen LogP contribution is 2.22. The molecule has 1 aliphatic rings. The van der Waals surface area contributed by atoms with Gasteiger partial charge in [-0.1, -0.05) is 0 Å². The van der Waals surface area contributed by atoms with Crippen molar-refractivity contribution in [2.24, 2.45) is 5.92 Å². The first kappa shape index (κ1) is 15.3. The number of anilines is 1. The van der Waals surface area contributed by atoms with Crippen molar-refractivity contribution in [2.45, 2.75) is 12.8 Å². The predicted octanol–water partition coefficient (Wildman–Crippen LogP) is 2.72. The second-order valence-electron chi connectivity index (χ2n) is 5.73. The van der Waals surface area contributed by atoms with Gasteiger partial charge in [0.15, 0.2) is 0 Å². The van der Waals surface area contributed by atoms with Crippen LogP contribution in [0.4, 0.5) is 5.69 Å². The van der Waals surface area contributed by atoms with Crippen molar-refractivity contribution >= 4 is 17.7 Å². The van der Waals surface area contributed by atoms with Gasteiger partial charge in [-0.25, -0.2) is 0 Å². The molecule has 120 valence electrons. The zero-order valence-electron chi connectivity index (χ0n) is 13.0. The Balaban J connectivity index is 1.40. The topological polar surface area (TPSA) is 58.4 Å². The third kappa shape index (κ3) is 4.45. The normalized spacial score (nSPS) is 15.9. The predicted molar refractivity (Wildman–Crippen MR) is 89.9 cm³/mol. The fourth-order valence-electron chi connectivity index (χ4n) is 2.80. The number of carbonyl (C=O) groups is 1. The van der Waals surface area contributed by atoms with E-state index in [9.17, 15) is 4.79 Å². The van der Waals surface area contributed by atoms with Crippen molar-refractivity contribution in [3.63, 3.8) is 0 Å². The first-order chi connectivity index (χ1) is 11.3. The van der Waals surface area contributed by atoms with Gasteiger partial charge in [-0.15, -0.1) is 0 Å². The second-order valence-corrected chi connectivity index (χ2v) is 5.73. The smallest absolute Gasteiger partial charge is 0.244 e. The molecule has 2 aromatic rings. The number of hydrogen-bond donors (Lipinski definition) is 1. The van der Waals surface area contributed by atoms with Crippen LogP contribution in [0.15, 0.2) is 53.4 Å². The van der Waals surface area contributed by atoms with Gasteiger partial charge < -0.3 is 14.6 Å². The molecule has 0 saturated carbocycles. The maximum absolute atomic E-state index is 11.8. The summed E-state index contributed by atoms with van der Waals surface area (Å²) < 4.78 is 5.16. The van der Waals surface area contributed by atoms with Crippen LogP contribution in [0.3, 0.4) is 0 Å². The van der Waals surface area contributed by atoms with Crippen LogP contribution < -0.4 is 10.2 Å². The number of pyridine rings is 1. The molecule has 0 aromatic carbocycles. The zero-order chi connectivity index (χ0) is 15.9. The van der Waals surface area contributed by atoms with E-state index in [4.69, 9.17) is 4.42 Å². The highest BCUT2D eigenvalue weighted by Gasteiger charge is 2.19. The first-order valence-corrected chi connectivity index (χ1v) is 7.95. The molecule has 3 heterocycles. The van der Waals surface area contributed by atoms with Gasteiger partial charge in [-0.2, -0.15) is 0 Å². The number of hydrogen-bond acceptors (Lipinski definition) is 4. The Bertz CT molecular complexity index is 630. The minimum atomic E-state index is -0.0713. The first-order valence-electron chi connectivity index (χ1n) is 7.95. The van der Waals surface area contributed by atoms with Gasteiger partial charge in [0.25, 0.3) is 0 Å². The maximum atomic E-state index is 11.8. The third-order valence-corrected chi connectivity index (χ3v) is 4.15. The molecule has 0 unspecified atom stereocenters. The molecule has 2 aromatic heterocycles. The van der Waals surface area contributed by atoms with Crippen molar-refractivity contribution in [3.8, 4) is 0 Å². The molecule has 3 rings (SSSR count). The van der Waals surface area contributed by atoms with Crippen LogP contribution in [0.25, 0.3) is 6.08 Å². The van der Waals surface area contributed by atoms with Crippen LogP contribution in [0, 0.1) is 5.92 Å². The Morgan fingerprint density at radius 3 is 2.78 bits per heavy atom. The molecule has 0 aliphatic carbocycles. The summed E-state index contributed by atoms with van der Waals surface area (Å²) >= 11 is 0. The molecule has 0 atom stereocenters. The summed E-state index contributed by atoms with van der Waals surface area (Å²) in [4.78, 5) is 18.2. The molecule has 1 saturated heterocycles. The second kappa shape index (κ2) is 7.63. The van der Waals surface area contributed by atoms with Crippen LogP contribution in [0.1, 0.15) is 18.6 Å². The molecular weight excluding hydrogens is 290 g/mol. The summed E-state index contributed by atoms with van der Waals surface area (Å²) in [6.07, 6.45) is 10.6. The lowest BCUT2D eigenvalue weighted by Crippen LogP contribution is -2.38. The van der Waals surface area contributed by atoms with Crippen LogP contribution in [-0.2, 0) is 4.79 Å². The van der Waals surface area contributed by atoms with E-state index in [1.165, 1.54) is 11.8 Å². The number of rotatable bonds is 5. The molecule has 1 amide bonds. The van der Waals surface area contributed by atoms with Crippen molar-refractivity contribution in [1.29, 1.82) is 0 Å². The fraction of sp³-hybridized carbons (Fsp3) is 0.333. The number of nitrogens with zero attached hydrogens (tertiary/aromatic N) is 2. The van der Waals surface area contributed by atoms with E-state index in [1.807, 2.05) is 30.6 Å². The summed E-state index contributed by atoms with van der Waals surface area (Å²) in [5, 5.41) is 2.97. The van der Waals surface area contributed by atoms with Crippen LogP contribution in [0.5, 0.6) is 0 Å². The van der Waals surface area contributed by atoms with E-state index in [0.717, 1.165) is 32.5 Å². The lowest BCUT2D eigenvalue weighted by atomic mass is 9.96. The fourth-order valence-corrected chi connectivity index (χ4v) is 2.80. The number of nitrogens with one attached hydrogen (secondary N) is 1. The number of piperidine rings is 1. The average Bonchev–Trinajstić information content (AvgIpc) is 3.13. The average molecular weight is 311 g/mol. The van der Waals surface area contributed by atoms with Crippen molar-refractivity contribution in [3.05, 3.63) is 54.8 Å². The Kier molecular flexibility index (Phi) is 5.09. The van der Waals surface area contributed by atoms with E-state index in [2.05, 4.69) is 15.2 Å². The molecule has 0 bridgehead atoms. The molecule has 1 aliphatic heterocycles. The Morgan fingerprint density at radius 1 is 1.30 bits per heavy atom. The van der Waals surface area contributed by atoms with Crippen molar-refractivity contribution in [1.82, 2.24) is 10.3 Å². The number of amides is 1. The molecular formula is C18H21N3O2. The molecule has 0 radical (unpaired) electrons. The largest absolute Gasteiger partial charge is 0.465 e. The monoisotopic (exact) mass is 311 g/mol. The van der Waals surface area contributed by atoms with E-state index in [0.29, 0.717) is 11.7 Å². The minimum absolute atomic E-state index is 0.0713. The molecule has 1 fully saturated rings. The SMILES string of the molecule is O=C(/C=C/c1ccco1)NCC1CCN(c2ccncc2)CC1. The highest BCUT2D eigenvalue weighted by atomic mass is 16.3. The van der Waals surface area contributed by atoms with Gasteiger partial charge in [0, 0.05) is 43.8 Å². The molecule has 1 N–H and O–H groups in total. The zero-order valence-corrected chi connectivity index (χ0v) is 13.0. The van der Waals surface area contributed by atoms with Gasteiger partial charge in [0.1, 0.15) is 5.76 Å². The van der Waals surface area contributed by atoms with Gasteiger partial charge in [-0.05, 0) is 49.1 Å². The highest BCUT2D eigenvalue weighted by molar-refractivity contribution is 5.91. The van der Waals surface area contributed by atoms with E-state index >= 15 is 0 Å². The minimum Gasteiger partial charge on any atom is -0.465 e. The van der Waals surface area contributed by atoms with Crippen LogP contribution in [-0.4, -0.2) is 30.5 Å². The molecule has 5 nitrogen and oxygen atoms in total. The van der Waals surface area contributed by atoms with Gasteiger partial charge in [0.2, 0.25) is 5.91 Å². The lowest BCUT2D eigenvalue weighted by molar-refractivity contribution is -0.116. The van der Waals surface area contributed by atoms with E-state index in [1.54, 1.807) is 18.4 Å². The summed E-state index contributed by atoms with van der Waals surface area (Å²) in [7, 11) is 0. The Hall–Kier alpha value is -2.56. The maximum Gasteiger partial charge on any atom is 0.244 e. The van der Waals surface area contributed by atoms with Gasteiger partial charge in [-0.3, -0.25) is 9.78 Å². The summed E-state index contributed by atoms with van der Waals surface area (Å²) in [5.74, 6) is 1.15. The van der Waals surface area contributed by atoms with Crippen LogP contribution >= 0.6 is 0 Å². The van der Waals surface area contributed by atoms with Gasteiger partial charge >= 0.3 is 0 Å². The van der Waals surface area contributed by atoms with Gasteiger partial charge in [0.05, 0.1) is 6.26 Å². The standard InChI is InChI=1S/C18H21N3O2/c22-18(4-3-17-2-1-13-23-17)20-14-15-7-11-21(12-8-15)16-5-9-19-10-6-16/h1-6,9-10,13,15H,7-8,11-12,14H2,(H,20,22)/b4-3+. The van der Waals surface area contributed by atoms with Crippen molar-refractivity contribution in [2.75, 3.05) is 24.5 Å². The Labute approximate surface area is 136 Å². The molecule has 5 heteroatoms.